The molecular formula is C20H38N6O7. The van der Waals surface area contributed by atoms with E-state index in [0.29, 0.717) is 25.8 Å². The van der Waals surface area contributed by atoms with Gasteiger partial charge in [-0.25, -0.2) is 4.79 Å². The maximum absolute atomic E-state index is 12.7. The average molecular weight is 475 g/mol. The molecule has 0 rings (SSSR count). The first kappa shape index (κ1) is 30.2. The van der Waals surface area contributed by atoms with Gasteiger partial charge in [0.2, 0.25) is 23.6 Å². The van der Waals surface area contributed by atoms with E-state index in [1.807, 2.05) is 13.8 Å². The lowest BCUT2D eigenvalue weighted by atomic mass is 10.0. The molecule has 0 aliphatic rings. The van der Waals surface area contributed by atoms with Gasteiger partial charge < -0.3 is 43.4 Å². The molecule has 33 heavy (non-hydrogen) atoms. The lowest BCUT2D eigenvalue weighted by Gasteiger charge is -2.24. The number of amides is 4. The number of rotatable bonds is 17. The molecule has 0 aromatic rings. The van der Waals surface area contributed by atoms with Crippen LogP contribution in [0.4, 0.5) is 0 Å². The highest BCUT2D eigenvalue weighted by Crippen LogP contribution is 2.06. The summed E-state index contributed by atoms with van der Waals surface area (Å²) < 4.78 is 0. The molecule has 190 valence electrons. The number of hydrogen-bond acceptors (Lipinski definition) is 8. The largest absolute Gasteiger partial charge is 0.480 e. The standard InChI is InChI=1S/C20H38N6O7/c1-11(2)9-12(22)17(29)26-15(10-27)19(31)24-13(5-3-4-8-21)18(30)25-14(20(32)33)6-7-16(23)28/h11-15,27H,3-10,21-22H2,1-2H3,(H2,23,28)(H,24,31)(H,25,30)(H,26,29)(H,32,33). The van der Waals surface area contributed by atoms with Crippen LogP contribution in [0.2, 0.25) is 0 Å². The molecule has 0 aromatic carbocycles. The van der Waals surface area contributed by atoms with Gasteiger partial charge in [-0.1, -0.05) is 13.8 Å². The van der Waals surface area contributed by atoms with E-state index in [-0.39, 0.29) is 25.2 Å². The summed E-state index contributed by atoms with van der Waals surface area (Å²) in [5, 5.41) is 25.9. The lowest BCUT2D eigenvalue weighted by molar-refractivity contribution is -0.142. The predicted octanol–water partition coefficient (Wildman–Crippen LogP) is -2.71. The normalized spacial score (nSPS) is 14.6. The lowest BCUT2D eigenvalue weighted by Crippen LogP contribution is -2.58. The van der Waals surface area contributed by atoms with Gasteiger partial charge in [-0.3, -0.25) is 19.2 Å². The minimum absolute atomic E-state index is 0.135. The van der Waals surface area contributed by atoms with Crippen molar-refractivity contribution >= 4 is 29.6 Å². The zero-order chi connectivity index (χ0) is 25.6. The maximum atomic E-state index is 12.7. The number of carbonyl (C=O) groups excluding carboxylic acids is 4. The van der Waals surface area contributed by atoms with Gasteiger partial charge >= 0.3 is 5.97 Å². The molecular weight excluding hydrogens is 436 g/mol. The Morgan fingerprint density at radius 2 is 1.39 bits per heavy atom. The maximum Gasteiger partial charge on any atom is 0.326 e. The number of carbonyl (C=O) groups is 5. The number of nitrogens with two attached hydrogens (primary N) is 3. The average Bonchev–Trinajstić information content (AvgIpc) is 2.72. The van der Waals surface area contributed by atoms with Crippen LogP contribution in [-0.2, 0) is 24.0 Å². The first-order chi connectivity index (χ1) is 15.4. The van der Waals surface area contributed by atoms with E-state index in [1.165, 1.54) is 0 Å². The Balaban J connectivity index is 5.28. The van der Waals surface area contributed by atoms with Crippen LogP contribution < -0.4 is 33.2 Å². The Morgan fingerprint density at radius 1 is 0.848 bits per heavy atom. The Bertz CT molecular complexity index is 673. The SMILES string of the molecule is CC(C)CC(N)C(=O)NC(CO)C(=O)NC(CCCCN)C(=O)NC(CCC(N)=O)C(=O)O. The molecule has 13 heteroatoms. The van der Waals surface area contributed by atoms with Crippen molar-refractivity contribution in [1.29, 1.82) is 0 Å². The van der Waals surface area contributed by atoms with Gasteiger partial charge in [0.05, 0.1) is 12.6 Å². The van der Waals surface area contributed by atoms with Gasteiger partial charge in [-0.15, -0.1) is 0 Å². The first-order valence-electron chi connectivity index (χ1n) is 10.9. The van der Waals surface area contributed by atoms with Gasteiger partial charge in [0.25, 0.3) is 0 Å². The zero-order valence-corrected chi connectivity index (χ0v) is 19.2. The Morgan fingerprint density at radius 3 is 1.88 bits per heavy atom. The molecule has 0 saturated heterocycles. The summed E-state index contributed by atoms with van der Waals surface area (Å²) >= 11 is 0. The fourth-order valence-corrected chi connectivity index (χ4v) is 2.94. The van der Waals surface area contributed by atoms with Gasteiger partial charge in [-0.2, -0.15) is 0 Å². The monoisotopic (exact) mass is 474 g/mol. The van der Waals surface area contributed by atoms with Crippen LogP contribution in [0.3, 0.4) is 0 Å². The summed E-state index contributed by atoms with van der Waals surface area (Å²) in [7, 11) is 0. The third-order valence-electron chi connectivity index (χ3n) is 4.75. The van der Waals surface area contributed by atoms with Crippen molar-refractivity contribution in [2.24, 2.45) is 23.1 Å². The van der Waals surface area contributed by atoms with Crippen LogP contribution in [-0.4, -0.2) is 77.1 Å². The van der Waals surface area contributed by atoms with Gasteiger partial charge in [-0.05, 0) is 44.6 Å². The number of unbranched alkanes of at least 4 members (excludes halogenated alkanes) is 1. The molecule has 0 aliphatic heterocycles. The van der Waals surface area contributed by atoms with Gasteiger partial charge in [0.1, 0.15) is 18.1 Å². The summed E-state index contributed by atoms with van der Waals surface area (Å²) in [4.78, 5) is 59.9. The van der Waals surface area contributed by atoms with Crippen molar-refractivity contribution in [3.63, 3.8) is 0 Å². The van der Waals surface area contributed by atoms with Crippen LogP contribution in [0.15, 0.2) is 0 Å². The molecule has 0 spiro atoms. The number of hydrogen-bond donors (Lipinski definition) is 8. The Labute approximate surface area is 193 Å². The molecule has 4 atom stereocenters. The van der Waals surface area contributed by atoms with Crippen LogP contribution >= 0.6 is 0 Å². The third kappa shape index (κ3) is 12.7. The van der Waals surface area contributed by atoms with Crippen LogP contribution in [0.5, 0.6) is 0 Å². The quantitative estimate of drug-likeness (QED) is 0.102. The molecule has 11 N–H and O–H groups in total. The first-order valence-corrected chi connectivity index (χ1v) is 10.9. The molecule has 4 unspecified atom stereocenters. The molecule has 0 aliphatic carbocycles. The van der Waals surface area contributed by atoms with E-state index in [2.05, 4.69) is 16.0 Å². The predicted molar refractivity (Wildman–Crippen MR) is 119 cm³/mol. The summed E-state index contributed by atoms with van der Waals surface area (Å²) in [5.74, 6) is -4.20. The number of carboxylic acid groups (broad SMARTS) is 1. The summed E-state index contributed by atoms with van der Waals surface area (Å²) in [6.45, 7) is 3.37. The number of carboxylic acids is 1. The summed E-state index contributed by atoms with van der Waals surface area (Å²) in [5.41, 5.74) is 16.3. The van der Waals surface area contributed by atoms with Crippen LogP contribution in [0, 0.1) is 5.92 Å². The second kappa shape index (κ2) is 15.9. The van der Waals surface area contributed by atoms with Crippen molar-refractivity contribution in [3.05, 3.63) is 0 Å². The molecule has 0 bridgehead atoms. The van der Waals surface area contributed by atoms with Crippen LogP contribution in [0.1, 0.15) is 52.4 Å². The molecule has 4 amide bonds. The van der Waals surface area contributed by atoms with E-state index in [0.717, 1.165) is 0 Å². The van der Waals surface area contributed by atoms with E-state index >= 15 is 0 Å². The zero-order valence-electron chi connectivity index (χ0n) is 19.2. The second-order valence-corrected chi connectivity index (χ2v) is 8.23. The molecule has 0 heterocycles. The van der Waals surface area contributed by atoms with Crippen molar-refractivity contribution in [1.82, 2.24) is 16.0 Å². The highest BCUT2D eigenvalue weighted by molar-refractivity contribution is 5.94. The topological polar surface area (TPSA) is 240 Å². The highest BCUT2D eigenvalue weighted by Gasteiger charge is 2.30. The Kier molecular flexibility index (Phi) is 14.6. The molecule has 0 saturated carbocycles. The van der Waals surface area contributed by atoms with Crippen molar-refractivity contribution in [3.8, 4) is 0 Å². The molecule has 0 fully saturated rings. The van der Waals surface area contributed by atoms with E-state index < -0.39 is 60.4 Å². The number of aliphatic hydroxyl groups excluding tert-OH is 1. The highest BCUT2D eigenvalue weighted by atomic mass is 16.4. The third-order valence-corrected chi connectivity index (χ3v) is 4.75. The number of primary amides is 1. The number of nitrogens with one attached hydrogen (secondary N) is 3. The van der Waals surface area contributed by atoms with Crippen LogP contribution in [0.25, 0.3) is 0 Å². The molecule has 0 radical (unpaired) electrons. The minimum atomic E-state index is -1.39. The number of aliphatic carboxylic acids is 1. The molecule has 13 nitrogen and oxygen atoms in total. The number of aliphatic hydroxyl groups is 1. The summed E-state index contributed by atoms with van der Waals surface area (Å²) in [6.07, 6.45) is 1.03. The fourth-order valence-electron chi connectivity index (χ4n) is 2.94. The second-order valence-electron chi connectivity index (χ2n) is 8.23. The van der Waals surface area contributed by atoms with Gasteiger partial charge in [0.15, 0.2) is 0 Å². The smallest absolute Gasteiger partial charge is 0.326 e. The Hall–Kier alpha value is -2.77. The van der Waals surface area contributed by atoms with E-state index in [4.69, 9.17) is 17.2 Å². The van der Waals surface area contributed by atoms with E-state index in [1.54, 1.807) is 0 Å². The van der Waals surface area contributed by atoms with Gasteiger partial charge in [0, 0.05) is 6.42 Å². The summed E-state index contributed by atoms with van der Waals surface area (Å²) in [6, 6.07) is -4.78. The van der Waals surface area contributed by atoms with Crippen molar-refractivity contribution in [2.45, 2.75) is 76.5 Å². The minimum Gasteiger partial charge on any atom is -0.480 e. The van der Waals surface area contributed by atoms with Crippen molar-refractivity contribution < 1.29 is 34.2 Å². The fraction of sp³-hybridized carbons (Fsp3) is 0.750. The van der Waals surface area contributed by atoms with Crippen molar-refractivity contribution in [2.75, 3.05) is 13.2 Å². The molecule has 0 aromatic heterocycles. The van der Waals surface area contributed by atoms with E-state index in [9.17, 15) is 34.2 Å².